The van der Waals surface area contributed by atoms with Crippen molar-refractivity contribution >= 4 is 50.7 Å². The molecule has 0 aliphatic carbocycles. The van der Waals surface area contributed by atoms with Crippen LogP contribution in [0.1, 0.15) is 28.4 Å². The van der Waals surface area contributed by atoms with Crippen LogP contribution >= 0.6 is 27.7 Å². The first-order chi connectivity index (χ1) is 14.3. The zero-order valence-corrected chi connectivity index (χ0v) is 18.6. The van der Waals surface area contributed by atoms with Crippen LogP contribution in [0.5, 0.6) is 5.75 Å². The molecule has 0 spiro atoms. The van der Waals surface area contributed by atoms with Gasteiger partial charge in [0, 0.05) is 15.6 Å². The number of benzene rings is 2. The molecule has 0 saturated carbocycles. The Labute approximate surface area is 186 Å². The Hall–Kier alpha value is -2.84. The van der Waals surface area contributed by atoms with Crippen molar-refractivity contribution in [2.24, 2.45) is 4.99 Å². The molecular formula is C22H18BrNO5S. The molecule has 6 nitrogen and oxygen atoms in total. The first-order valence-corrected chi connectivity index (χ1v) is 10.6. The number of aryl methyl sites for hydroxylation is 1. The number of esters is 1. The van der Waals surface area contributed by atoms with E-state index < -0.39 is 11.9 Å². The lowest BCUT2D eigenvalue weighted by molar-refractivity contribution is -0.138. The van der Waals surface area contributed by atoms with Gasteiger partial charge in [0.1, 0.15) is 22.1 Å². The number of phenols is 1. The fraction of sp³-hybridized carbons (Fsp3) is 0.136. The first-order valence-electron chi connectivity index (χ1n) is 8.99. The highest BCUT2D eigenvalue weighted by Crippen LogP contribution is 2.40. The third kappa shape index (κ3) is 4.66. The highest BCUT2D eigenvalue weighted by atomic mass is 79.9. The average Bonchev–Trinajstić information content (AvgIpc) is 3.00. The van der Waals surface area contributed by atoms with E-state index >= 15 is 0 Å². The second-order valence-corrected chi connectivity index (χ2v) is 8.24. The molecule has 3 rings (SSSR count). The number of nitrogens with zero attached hydrogens (tertiary/aromatic N) is 1. The van der Waals surface area contributed by atoms with Crippen LogP contribution < -0.4 is 0 Å². The molecule has 0 radical (unpaired) electrons. The van der Waals surface area contributed by atoms with Gasteiger partial charge < -0.3 is 14.9 Å². The number of phenolic OH excluding ortho intramolecular Hbond substituents is 1. The van der Waals surface area contributed by atoms with E-state index in [4.69, 9.17) is 4.74 Å². The van der Waals surface area contributed by atoms with Crippen LogP contribution in [0.4, 0.5) is 0 Å². The third-order valence-corrected chi connectivity index (χ3v) is 5.74. The quantitative estimate of drug-likeness (QED) is 0.577. The number of hydrogen-bond donors (Lipinski definition) is 2. The van der Waals surface area contributed by atoms with E-state index in [1.807, 2.05) is 6.07 Å². The van der Waals surface area contributed by atoms with Gasteiger partial charge in [0.15, 0.2) is 0 Å². The zero-order valence-electron chi connectivity index (χ0n) is 16.2. The van der Waals surface area contributed by atoms with Crippen LogP contribution in [0.25, 0.3) is 6.08 Å². The van der Waals surface area contributed by atoms with E-state index in [1.165, 1.54) is 12.1 Å². The molecule has 0 atom stereocenters. The fourth-order valence-corrected chi connectivity index (χ4v) is 4.12. The molecule has 2 aromatic carbocycles. The summed E-state index contributed by atoms with van der Waals surface area (Å²) in [6, 6.07) is 11.8. The molecule has 0 fully saturated rings. The Morgan fingerprint density at radius 2 is 1.93 bits per heavy atom. The number of rotatable bonds is 4. The van der Waals surface area contributed by atoms with Crippen molar-refractivity contribution in [1.82, 2.24) is 0 Å². The maximum absolute atomic E-state index is 12.7. The maximum atomic E-state index is 12.7. The third-order valence-electron chi connectivity index (χ3n) is 4.22. The second kappa shape index (κ2) is 9.32. The van der Waals surface area contributed by atoms with Crippen LogP contribution in [0.3, 0.4) is 0 Å². The van der Waals surface area contributed by atoms with Crippen molar-refractivity contribution in [2.75, 3.05) is 6.61 Å². The van der Waals surface area contributed by atoms with E-state index in [9.17, 15) is 19.8 Å². The van der Waals surface area contributed by atoms with Crippen LogP contribution in [-0.2, 0) is 9.53 Å². The summed E-state index contributed by atoms with van der Waals surface area (Å²) in [4.78, 5) is 29.5. The number of carbonyl (C=O) groups excluding carboxylic acids is 2. The summed E-state index contributed by atoms with van der Waals surface area (Å²) in [6.07, 6.45) is 1.51. The number of thioether (sulfide) groups is 1. The van der Waals surface area contributed by atoms with Gasteiger partial charge in [-0.15, -0.1) is 0 Å². The highest BCUT2D eigenvalue weighted by molar-refractivity contribution is 9.10. The van der Waals surface area contributed by atoms with Gasteiger partial charge in [-0.05, 0) is 49.8 Å². The summed E-state index contributed by atoms with van der Waals surface area (Å²) in [7, 11) is 0. The number of amides is 1. The predicted molar refractivity (Wildman–Crippen MR) is 121 cm³/mol. The minimum absolute atomic E-state index is 0.00170. The van der Waals surface area contributed by atoms with Gasteiger partial charge in [0.25, 0.3) is 5.91 Å². The number of aliphatic hydroxyl groups is 1. The van der Waals surface area contributed by atoms with Gasteiger partial charge in [0.05, 0.1) is 11.5 Å². The molecule has 1 aliphatic heterocycles. The van der Waals surface area contributed by atoms with Crippen molar-refractivity contribution in [3.63, 3.8) is 0 Å². The van der Waals surface area contributed by atoms with Crippen molar-refractivity contribution in [3.05, 3.63) is 79.9 Å². The van der Waals surface area contributed by atoms with E-state index in [-0.39, 0.29) is 33.6 Å². The summed E-state index contributed by atoms with van der Waals surface area (Å²) in [6.45, 7) is 3.53. The number of hydrogen-bond acceptors (Lipinski definition) is 6. The number of ether oxygens (including phenoxy) is 1. The summed E-state index contributed by atoms with van der Waals surface area (Å²) < 4.78 is 5.76. The van der Waals surface area contributed by atoms with Gasteiger partial charge in [-0.1, -0.05) is 45.9 Å². The summed E-state index contributed by atoms with van der Waals surface area (Å²) in [5.41, 5.74) is 1.39. The van der Waals surface area contributed by atoms with Crippen molar-refractivity contribution in [1.29, 1.82) is 0 Å². The van der Waals surface area contributed by atoms with Crippen molar-refractivity contribution in [2.45, 2.75) is 13.8 Å². The lowest BCUT2D eigenvalue weighted by atomic mass is 10.1. The topological polar surface area (TPSA) is 96.2 Å². The van der Waals surface area contributed by atoms with E-state index in [2.05, 4.69) is 20.9 Å². The van der Waals surface area contributed by atoms with Crippen molar-refractivity contribution < 1.29 is 24.5 Å². The molecular weight excluding hydrogens is 470 g/mol. The molecule has 0 unspecified atom stereocenters. The maximum Gasteiger partial charge on any atom is 0.344 e. The molecule has 1 aliphatic rings. The minimum atomic E-state index is -0.777. The predicted octanol–water partition coefficient (Wildman–Crippen LogP) is 5.16. The largest absolute Gasteiger partial charge is 0.507 e. The molecule has 154 valence electrons. The standard InChI is InChI=1S/C22H18BrNO5S/c1-3-29-22(28)18-19(26)17(11-13-10-14(23)8-9-16(13)25)30-21(18)24-20(27)15-7-5-4-6-12(15)2/h4-11,25-26H,3H2,1-2H3/b17-11-,24-21?. The summed E-state index contributed by atoms with van der Waals surface area (Å²) in [5, 5.41) is 20.8. The lowest BCUT2D eigenvalue weighted by Crippen LogP contribution is -2.14. The Balaban J connectivity index is 2.06. The lowest BCUT2D eigenvalue weighted by Gasteiger charge is -2.04. The van der Waals surface area contributed by atoms with Gasteiger partial charge in [-0.3, -0.25) is 4.79 Å². The van der Waals surface area contributed by atoms with Gasteiger partial charge in [-0.25, -0.2) is 9.79 Å². The molecule has 0 saturated heterocycles. The highest BCUT2D eigenvalue weighted by Gasteiger charge is 2.34. The molecule has 8 heteroatoms. The molecule has 0 bridgehead atoms. The average molecular weight is 488 g/mol. The number of halogens is 1. The van der Waals surface area contributed by atoms with Crippen LogP contribution in [0.15, 0.2) is 68.2 Å². The van der Waals surface area contributed by atoms with Gasteiger partial charge in [-0.2, -0.15) is 0 Å². The Morgan fingerprint density at radius 1 is 1.20 bits per heavy atom. The molecule has 1 amide bonds. The van der Waals surface area contributed by atoms with E-state index in [1.54, 1.807) is 44.2 Å². The molecule has 1 heterocycles. The fourth-order valence-electron chi connectivity index (χ4n) is 2.74. The molecule has 2 aromatic rings. The van der Waals surface area contributed by atoms with Gasteiger partial charge >= 0.3 is 5.97 Å². The number of aromatic hydroxyl groups is 1. The monoisotopic (exact) mass is 487 g/mol. The number of aliphatic hydroxyl groups excluding tert-OH is 1. The van der Waals surface area contributed by atoms with Crippen molar-refractivity contribution in [3.8, 4) is 5.75 Å². The zero-order chi connectivity index (χ0) is 21.8. The van der Waals surface area contributed by atoms with Crippen LogP contribution in [-0.4, -0.2) is 33.7 Å². The van der Waals surface area contributed by atoms with E-state index in [0.717, 1.165) is 21.8 Å². The normalized spacial score (nSPS) is 16.4. The summed E-state index contributed by atoms with van der Waals surface area (Å²) in [5.74, 6) is -1.66. The molecule has 2 N–H and O–H groups in total. The Morgan fingerprint density at radius 3 is 2.63 bits per heavy atom. The molecule has 30 heavy (non-hydrogen) atoms. The summed E-state index contributed by atoms with van der Waals surface area (Å²) >= 11 is 4.29. The SMILES string of the molecule is CCOC(=O)C1=C(O)/C(=C/c2cc(Br)ccc2O)SC1=NC(=O)c1ccccc1C. The number of carbonyl (C=O) groups is 2. The second-order valence-electron chi connectivity index (χ2n) is 6.29. The Bertz CT molecular complexity index is 1120. The van der Waals surface area contributed by atoms with Gasteiger partial charge in [0.2, 0.25) is 0 Å². The first kappa shape index (κ1) is 21.9. The Kier molecular flexibility index (Phi) is 6.79. The van der Waals surface area contributed by atoms with Crippen LogP contribution in [0, 0.1) is 6.92 Å². The number of aliphatic imine (C=N–C) groups is 1. The van der Waals surface area contributed by atoms with E-state index in [0.29, 0.717) is 11.1 Å². The molecule has 0 aromatic heterocycles. The van der Waals surface area contributed by atoms with Crippen LogP contribution in [0.2, 0.25) is 0 Å². The smallest absolute Gasteiger partial charge is 0.344 e. The minimum Gasteiger partial charge on any atom is -0.507 e.